The van der Waals surface area contributed by atoms with Gasteiger partial charge in [0.2, 0.25) is 0 Å². The van der Waals surface area contributed by atoms with E-state index in [0.29, 0.717) is 17.1 Å². The molecule has 0 spiro atoms. The summed E-state index contributed by atoms with van der Waals surface area (Å²) in [5, 5.41) is 2.66. The number of amides is 1. The van der Waals surface area contributed by atoms with Crippen LogP contribution in [-0.4, -0.2) is 25.1 Å². The molecule has 22 heavy (non-hydrogen) atoms. The summed E-state index contributed by atoms with van der Waals surface area (Å²) in [6.45, 7) is 2.09. The lowest BCUT2D eigenvalue weighted by molar-refractivity contribution is -0.123. The summed E-state index contributed by atoms with van der Waals surface area (Å²) in [5.74, 6) is 0.179. The van der Waals surface area contributed by atoms with Gasteiger partial charge >= 0.3 is 5.97 Å². The Labute approximate surface area is 128 Å². The highest BCUT2D eigenvalue weighted by Crippen LogP contribution is 2.18. The number of para-hydroxylation sites is 1. The van der Waals surface area contributed by atoms with Crippen LogP contribution >= 0.6 is 0 Å². The summed E-state index contributed by atoms with van der Waals surface area (Å²) in [6.07, 6.45) is 1.54. The molecule has 1 N–H and O–H groups in total. The van der Waals surface area contributed by atoms with E-state index in [-0.39, 0.29) is 25.7 Å². The lowest BCUT2D eigenvalue weighted by Gasteiger charge is -2.10. The van der Waals surface area contributed by atoms with Gasteiger partial charge in [0.05, 0.1) is 19.4 Å². The van der Waals surface area contributed by atoms with E-state index in [1.807, 2.05) is 0 Å². The Kier molecular flexibility index (Phi) is 5.59. The van der Waals surface area contributed by atoms with E-state index in [1.165, 1.54) is 6.26 Å². The summed E-state index contributed by atoms with van der Waals surface area (Å²) in [4.78, 5) is 23.5. The minimum atomic E-state index is -0.478. The number of hydrogen-bond acceptors (Lipinski definition) is 5. The number of esters is 1. The van der Waals surface area contributed by atoms with Gasteiger partial charge < -0.3 is 19.2 Å². The Morgan fingerprint density at radius 2 is 2.00 bits per heavy atom. The fourth-order valence-electron chi connectivity index (χ4n) is 1.76. The normalized spacial score (nSPS) is 10.0. The molecule has 0 aliphatic rings. The molecule has 6 nitrogen and oxygen atoms in total. The molecule has 1 amide bonds. The molecule has 0 unspecified atom stereocenters. The zero-order valence-electron chi connectivity index (χ0n) is 12.2. The SMILES string of the molecule is CCOC(=O)c1ccccc1OCC(=O)NCc1ccco1. The van der Waals surface area contributed by atoms with Crippen LogP contribution in [-0.2, 0) is 16.1 Å². The standard InChI is InChI=1S/C16H17NO5/c1-2-20-16(19)13-7-3-4-8-14(13)22-11-15(18)17-10-12-6-5-9-21-12/h3-9H,2,10-11H2,1H3,(H,17,18). The van der Waals surface area contributed by atoms with Crippen molar-refractivity contribution in [3.63, 3.8) is 0 Å². The van der Waals surface area contributed by atoms with Gasteiger partial charge in [0.15, 0.2) is 6.61 Å². The quantitative estimate of drug-likeness (QED) is 0.793. The smallest absolute Gasteiger partial charge is 0.341 e. The number of furan rings is 1. The molecule has 0 aliphatic carbocycles. The van der Waals surface area contributed by atoms with E-state index < -0.39 is 5.97 Å². The lowest BCUT2D eigenvalue weighted by Crippen LogP contribution is -2.28. The molecule has 116 valence electrons. The number of benzene rings is 1. The molecule has 0 aliphatic heterocycles. The largest absolute Gasteiger partial charge is 0.483 e. The maximum absolute atomic E-state index is 11.8. The predicted octanol–water partition coefficient (Wildman–Crippen LogP) is 2.15. The van der Waals surface area contributed by atoms with Crippen molar-refractivity contribution in [3.8, 4) is 5.75 Å². The third-order valence-electron chi connectivity index (χ3n) is 2.78. The summed E-state index contributed by atoms with van der Waals surface area (Å²) in [6, 6.07) is 10.1. The van der Waals surface area contributed by atoms with Crippen LogP contribution in [0.15, 0.2) is 47.1 Å². The summed E-state index contributed by atoms with van der Waals surface area (Å²) < 4.78 is 15.4. The van der Waals surface area contributed by atoms with E-state index in [0.717, 1.165) is 0 Å². The van der Waals surface area contributed by atoms with Crippen LogP contribution in [0.3, 0.4) is 0 Å². The number of nitrogens with one attached hydrogen (secondary N) is 1. The second kappa shape index (κ2) is 7.87. The molecule has 0 radical (unpaired) electrons. The van der Waals surface area contributed by atoms with Crippen LogP contribution in [0.4, 0.5) is 0 Å². The van der Waals surface area contributed by atoms with Gasteiger partial charge in [0, 0.05) is 0 Å². The third kappa shape index (κ3) is 4.37. The van der Waals surface area contributed by atoms with Crippen LogP contribution < -0.4 is 10.1 Å². The van der Waals surface area contributed by atoms with Gasteiger partial charge in [-0.2, -0.15) is 0 Å². The molecular formula is C16H17NO5. The molecule has 0 saturated heterocycles. The van der Waals surface area contributed by atoms with E-state index >= 15 is 0 Å². The van der Waals surface area contributed by atoms with E-state index in [4.69, 9.17) is 13.9 Å². The van der Waals surface area contributed by atoms with E-state index in [9.17, 15) is 9.59 Å². The second-order valence-electron chi connectivity index (χ2n) is 4.36. The average molecular weight is 303 g/mol. The monoisotopic (exact) mass is 303 g/mol. The van der Waals surface area contributed by atoms with Crippen LogP contribution in [0.25, 0.3) is 0 Å². The summed E-state index contributed by atoms with van der Waals surface area (Å²) in [7, 11) is 0. The van der Waals surface area contributed by atoms with Gasteiger partial charge in [-0.3, -0.25) is 4.79 Å². The zero-order valence-corrected chi connectivity index (χ0v) is 12.2. The van der Waals surface area contributed by atoms with Crippen LogP contribution in [0.5, 0.6) is 5.75 Å². The molecule has 2 aromatic rings. The molecule has 0 atom stereocenters. The van der Waals surface area contributed by atoms with Crippen LogP contribution in [0.2, 0.25) is 0 Å². The topological polar surface area (TPSA) is 77.8 Å². The fraction of sp³-hybridized carbons (Fsp3) is 0.250. The molecule has 6 heteroatoms. The highest BCUT2D eigenvalue weighted by molar-refractivity contribution is 5.92. The Morgan fingerprint density at radius 1 is 1.18 bits per heavy atom. The Balaban J connectivity index is 1.88. The lowest BCUT2D eigenvalue weighted by atomic mass is 10.2. The third-order valence-corrected chi connectivity index (χ3v) is 2.78. The molecule has 2 rings (SSSR count). The Hall–Kier alpha value is -2.76. The van der Waals surface area contributed by atoms with E-state index in [2.05, 4.69) is 5.32 Å². The minimum Gasteiger partial charge on any atom is -0.483 e. The van der Waals surface area contributed by atoms with Crippen molar-refractivity contribution in [3.05, 3.63) is 54.0 Å². The molecule has 0 bridgehead atoms. The highest BCUT2D eigenvalue weighted by Gasteiger charge is 2.14. The van der Waals surface area contributed by atoms with Crippen molar-refractivity contribution < 1.29 is 23.5 Å². The van der Waals surface area contributed by atoms with Gasteiger partial charge in [-0.1, -0.05) is 12.1 Å². The number of carbonyl (C=O) groups is 2. The average Bonchev–Trinajstić information content (AvgIpc) is 3.05. The number of ether oxygens (including phenoxy) is 2. The first-order valence-corrected chi connectivity index (χ1v) is 6.88. The van der Waals surface area contributed by atoms with Crippen LogP contribution in [0, 0.1) is 0 Å². The Bertz CT molecular complexity index is 621. The maximum Gasteiger partial charge on any atom is 0.341 e. The first-order valence-electron chi connectivity index (χ1n) is 6.88. The maximum atomic E-state index is 11.8. The first-order chi connectivity index (χ1) is 10.7. The Morgan fingerprint density at radius 3 is 2.73 bits per heavy atom. The summed E-state index contributed by atoms with van der Waals surface area (Å²) in [5.41, 5.74) is 0.295. The number of rotatable bonds is 7. The second-order valence-corrected chi connectivity index (χ2v) is 4.36. The van der Waals surface area contributed by atoms with Crippen molar-refractivity contribution in [2.75, 3.05) is 13.2 Å². The van der Waals surface area contributed by atoms with Gasteiger partial charge in [0.1, 0.15) is 17.1 Å². The van der Waals surface area contributed by atoms with Gasteiger partial charge in [-0.25, -0.2) is 4.79 Å². The predicted molar refractivity (Wildman–Crippen MR) is 78.4 cm³/mol. The molecule has 1 aromatic carbocycles. The number of carbonyl (C=O) groups excluding carboxylic acids is 2. The molecule has 1 aromatic heterocycles. The van der Waals surface area contributed by atoms with E-state index in [1.54, 1.807) is 43.3 Å². The highest BCUT2D eigenvalue weighted by atomic mass is 16.5. The van der Waals surface area contributed by atoms with Crippen LogP contribution in [0.1, 0.15) is 23.0 Å². The van der Waals surface area contributed by atoms with Crippen molar-refractivity contribution in [1.29, 1.82) is 0 Å². The zero-order chi connectivity index (χ0) is 15.8. The first kappa shape index (κ1) is 15.6. The molecule has 0 fully saturated rings. The van der Waals surface area contributed by atoms with Crippen molar-refractivity contribution in [1.82, 2.24) is 5.32 Å². The van der Waals surface area contributed by atoms with Crippen molar-refractivity contribution >= 4 is 11.9 Å². The molecule has 1 heterocycles. The molecular weight excluding hydrogens is 286 g/mol. The van der Waals surface area contributed by atoms with Gasteiger partial charge in [-0.05, 0) is 31.2 Å². The van der Waals surface area contributed by atoms with Crippen molar-refractivity contribution in [2.24, 2.45) is 0 Å². The van der Waals surface area contributed by atoms with Gasteiger partial charge in [0.25, 0.3) is 5.91 Å². The number of hydrogen-bond donors (Lipinski definition) is 1. The van der Waals surface area contributed by atoms with Crippen molar-refractivity contribution in [2.45, 2.75) is 13.5 Å². The summed E-state index contributed by atoms with van der Waals surface area (Å²) >= 11 is 0. The van der Waals surface area contributed by atoms with Gasteiger partial charge in [-0.15, -0.1) is 0 Å². The molecule has 0 saturated carbocycles. The minimum absolute atomic E-state index is 0.197. The fourth-order valence-corrected chi connectivity index (χ4v) is 1.76.